The maximum absolute atomic E-state index is 12.6. The number of thioether (sulfide) groups is 1. The molecule has 0 aliphatic heterocycles. The molecule has 0 atom stereocenters. The average molecular weight is 410 g/mol. The summed E-state index contributed by atoms with van der Waals surface area (Å²) in [7, 11) is 0. The Kier molecular flexibility index (Phi) is 5.07. The number of halogens is 1. The largest absolute Gasteiger partial charge is 0.328 e. The molecular weight excluding hydrogens is 394 g/mol. The summed E-state index contributed by atoms with van der Waals surface area (Å²) in [6.07, 6.45) is 3.72. The number of aromatic nitrogens is 3. The molecule has 1 N–H and O–H groups in total. The number of nitrogens with one attached hydrogen (secondary N) is 1. The van der Waals surface area contributed by atoms with Crippen molar-refractivity contribution in [1.29, 1.82) is 0 Å². The number of hydrogen-bond acceptors (Lipinski definition) is 4. The van der Waals surface area contributed by atoms with Crippen LogP contribution in [0.5, 0.6) is 0 Å². The van der Waals surface area contributed by atoms with Gasteiger partial charge in [0.1, 0.15) is 5.65 Å². The zero-order chi connectivity index (χ0) is 19.7. The van der Waals surface area contributed by atoms with E-state index in [1.165, 1.54) is 11.8 Å². The van der Waals surface area contributed by atoms with Gasteiger partial charge >= 0.3 is 0 Å². The van der Waals surface area contributed by atoms with Gasteiger partial charge in [-0.05, 0) is 42.2 Å². The van der Waals surface area contributed by atoms with E-state index < -0.39 is 0 Å². The van der Waals surface area contributed by atoms with Crippen molar-refractivity contribution in [2.75, 3.05) is 6.26 Å². The second kappa shape index (κ2) is 7.66. The number of benzene rings is 2. The van der Waals surface area contributed by atoms with E-state index in [9.17, 15) is 9.59 Å². The van der Waals surface area contributed by atoms with Crippen LogP contribution in [0.15, 0.2) is 70.7 Å². The standard InChI is InChI=1S/C21H16ClN3O2S/c1-28-21-23-19-17(20(27)24-21)10-11-25(19)12-13-2-4-14(5-3-13)18(26)15-6-8-16(22)9-7-15/h2-11H,12H2,1H3,(H,23,24,27). The van der Waals surface area contributed by atoms with E-state index in [-0.39, 0.29) is 11.3 Å². The van der Waals surface area contributed by atoms with Crippen LogP contribution in [0.2, 0.25) is 5.02 Å². The number of hydrogen-bond donors (Lipinski definition) is 1. The number of H-pyrrole nitrogens is 1. The van der Waals surface area contributed by atoms with E-state index in [0.29, 0.717) is 38.9 Å². The minimum atomic E-state index is -0.142. The third-order valence-electron chi connectivity index (χ3n) is 4.48. The third-order valence-corrected chi connectivity index (χ3v) is 5.31. The number of fused-ring (bicyclic) bond motifs is 1. The zero-order valence-corrected chi connectivity index (χ0v) is 16.6. The molecule has 4 aromatic rings. The number of nitrogens with zero attached hydrogens (tertiary/aromatic N) is 2. The van der Waals surface area contributed by atoms with E-state index >= 15 is 0 Å². The number of carbonyl (C=O) groups is 1. The van der Waals surface area contributed by atoms with E-state index in [4.69, 9.17) is 11.6 Å². The molecule has 28 heavy (non-hydrogen) atoms. The Morgan fingerprint density at radius 3 is 2.36 bits per heavy atom. The lowest BCUT2D eigenvalue weighted by atomic mass is 10.0. The van der Waals surface area contributed by atoms with Crippen LogP contribution in [0.4, 0.5) is 0 Å². The number of aromatic amines is 1. The third kappa shape index (κ3) is 3.61. The highest BCUT2D eigenvalue weighted by Gasteiger charge is 2.11. The van der Waals surface area contributed by atoms with Crippen LogP contribution in [-0.2, 0) is 6.54 Å². The van der Waals surface area contributed by atoms with Crippen LogP contribution in [0.1, 0.15) is 21.5 Å². The molecule has 7 heteroatoms. The van der Waals surface area contributed by atoms with Gasteiger partial charge in [0, 0.05) is 28.9 Å². The highest BCUT2D eigenvalue weighted by atomic mass is 35.5. The first-order valence-electron chi connectivity index (χ1n) is 8.57. The molecule has 0 saturated carbocycles. The topological polar surface area (TPSA) is 67.8 Å². The molecule has 2 aromatic carbocycles. The van der Waals surface area contributed by atoms with Crippen molar-refractivity contribution < 1.29 is 4.79 Å². The van der Waals surface area contributed by atoms with Gasteiger partial charge in [-0.2, -0.15) is 0 Å². The van der Waals surface area contributed by atoms with Gasteiger partial charge in [-0.1, -0.05) is 47.6 Å². The van der Waals surface area contributed by atoms with E-state index in [1.807, 2.05) is 41.3 Å². The Morgan fingerprint density at radius 2 is 1.71 bits per heavy atom. The van der Waals surface area contributed by atoms with E-state index in [2.05, 4.69) is 9.97 Å². The van der Waals surface area contributed by atoms with Gasteiger partial charge in [-0.3, -0.25) is 9.59 Å². The van der Waals surface area contributed by atoms with Crippen LogP contribution in [0, 0.1) is 0 Å². The van der Waals surface area contributed by atoms with Gasteiger partial charge in [-0.15, -0.1) is 0 Å². The van der Waals surface area contributed by atoms with Crippen molar-refractivity contribution in [2.45, 2.75) is 11.7 Å². The molecule has 0 bridgehead atoms. The zero-order valence-electron chi connectivity index (χ0n) is 15.0. The van der Waals surface area contributed by atoms with Crippen molar-refractivity contribution in [3.05, 3.63) is 92.9 Å². The fourth-order valence-corrected chi connectivity index (χ4v) is 3.50. The monoisotopic (exact) mass is 409 g/mol. The Morgan fingerprint density at radius 1 is 1.07 bits per heavy atom. The molecule has 2 heterocycles. The maximum atomic E-state index is 12.6. The van der Waals surface area contributed by atoms with E-state index in [0.717, 1.165) is 5.56 Å². The van der Waals surface area contributed by atoms with Crippen molar-refractivity contribution in [2.24, 2.45) is 0 Å². The molecule has 2 aromatic heterocycles. The second-order valence-electron chi connectivity index (χ2n) is 6.29. The summed E-state index contributed by atoms with van der Waals surface area (Å²) in [4.78, 5) is 32.0. The minimum Gasteiger partial charge on any atom is -0.328 e. The average Bonchev–Trinajstić information content (AvgIpc) is 3.12. The van der Waals surface area contributed by atoms with Crippen molar-refractivity contribution in [1.82, 2.24) is 14.5 Å². The molecule has 0 radical (unpaired) electrons. The normalized spacial score (nSPS) is 11.1. The molecule has 4 rings (SSSR count). The summed E-state index contributed by atoms with van der Waals surface area (Å²) in [6, 6.07) is 16.1. The molecule has 5 nitrogen and oxygen atoms in total. The van der Waals surface area contributed by atoms with Crippen molar-refractivity contribution in [3.63, 3.8) is 0 Å². The predicted octanol–water partition coefficient (Wildman–Crippen LogP) is 4.38. The van der Waals surface area contributed by atoms with Gasteiger partial charge in [0.2, 0.25) is 0 Å². The highest BCUT2D eigenvalue weighted by Crippen LogP contribution is 2.17. The molecular formula is C21H16ClN3O2S. The lowest BCUT2D eigenvalue weighted by Crippen LogP contribution is -2.10. The van der Waals surface area contributed by atoms with E-state index in [1.54, 1.807) is 30.3 Å². The summed E-state index contributed by atoms with van der Waals surface area (Å²) in [5.74, 6) is -0.0487. The van der Waals surface area contributed by atoms with Crippen molar-refractivity contribution in [3.8, 4) is 0 Å². The van der Waals surface area contributed by atoms with Crippen LogP contribution in [-0.4, -0.2) is 26.6 Å². The lowest BCUT2D eigenvalue weighted by Gasteiger charge is -2.07. The molecule has 0 spiro atoms. The SMILES string of the molecule is CSc1nc2c(ccn2Cc2ccc(C(=O)c3ccc(Cl)cc3)cc2)c(=O)[nH]1. The first-order valence-corrected chi connectivity index (χ1v) is 10.2. The van der Waals surface area contributed by atoms with Crippen LogP contribution >= 0.6 is 23.4 Å². The molecule has 0 amide bonds. The van der Waals surface area contributed by atoms with Gasteiger partial charge in [-0.25, -0.2) is 4.98 Å². The predicted molar refractivity (Wildman–Crippen MR) is 113 cm³/mol. The molecule has 0 aliphatic rings. The number of ketones is 1. The van der Waals surface area contributed by atoms with Crippen LogP contribution in [0.3, 0.4) is 0 Å². The fraction of sp³-hybridized carbons (Fsp3) is 0.0952. The Hall–Kier alpha value is -2.83. The first-order chi connectivity index (χ1) is 13.5. The Labute approximate surface area is 170 Å². The number of carbonyl (C=O) groups excluding carboxylic acids is 1. The highest BCUT2D eigenvalue weighted by molar-refractivity contribution is 7.98. The summed E-state index contributed by atoms with van der Waals surface area (Å²) >= 11 is 7.27. The molecule has 0 fully saturated rings. The Bertz CT molecular complexity index is 1210. The molecule has 0 unspecified atom stereocenters. The second-order valence-corrected chi connectivity index (χ2v) is 7.52. The molecule has 140 valence electrons. The number of rotatable bonds is 5. The maximum Gasteiger partial charge on any atom is 0.261 e. The summed E-state index contributed by atoms with van der Waals surface area (Å²) in [5, 5.41) is 1.75. The van der Waals surface area contributed by atoms with Crippen LogP contribution in [0.25, 0.3) is 11.0 Å². The van der Waals surface area contributed by atoms with Crippen LogP contribution < -0.4 is 5.56 Å². The van der Waals surface area contributed by atoms with Gasteiger partial charge in [0.15, 0.2) is 10.9 Å². The fourth-order valence-electron chi connectivity index (χ4n) is 3.01. The molecule has 0 aliphatic carbocycles. The summed E-state index contributed by atoms with van der Waals surface area (Å²) in [5.41, 5.74) is 2.73. The smallest absolute Gasteiger partial charge is 0.261 e. The van der Waals surface area contributed by atoms with Gasteiger partial charge in [0.25, 0.3) is 5.56 Å². The minimum absolute atomic E-state index is 0.0487. The summed E-state index contributed by atoms with van der Waals surface area (Å²) < 4.78 is 1.93. The lowest BCUT2D eigenvalue weighted by molar-refractivity contribution is 0.103. The van der Waals surface area contributed by atoms with Crippen molar-refractivity contribution >= 4 is 40.2 Å². The van der Waals surface area contributed by atoms with Gasteiger partial charge < -0.3 is 9.55 Å². The molecule has 0 saturated heterocycles. The quantitative estimate of drug-likeness (QED) is 0.302. The summed E-state index contributed by atoms with van der Waals surface area (Å²) in [6.45, 7) is 0.559. The van der Waals surface area contributed by atoms with Gasteiger partial charge in [0.05, 0.1) is 5.39 Å². The Balaban J connectivity index is 1.59. The first kappa shape index (κ1) is 18.5.